The summed E-state index contributed by atoms with van der Waals surface area (Å²) in [6.45, 7) is 2.65. The van der Waals surface area contributed by atoms with Crippen LogP contribution < -0.4 is 5.32 Å². The van der Waals surface area contributed by atoms with Crippen molar-refractivity contribution < 1.29 is 18.7 Å². The van der Waals surface area contributed by atoms with Gasteiger partial charge >= 0.3 is 6.03 Å². The molecule has 174 valence electrons. The summed E-state index contributed by atoms with van der Waals surface area (Å²) in [6, 6.07) is 17.1. The molecular weight excluding hydrogens is 421 g/mol. The van der Waals surface area contributed by atoms with Gasteiger partial charge in [0, 0.05) is 32.1 Å². The highest BCUT2D eigenvalue weighted by Crippen LogP contribution is 2.38. The molecule has 0 aliphatic carbocycles. The number of ether oxygens (including phenoxy) is 1. The lowest BCUT2D eigenvalue weighted by molar-refractivity contribution is -0.139. The number of benzene rings is 2. The van der Waals surface area contributed by atoms with Crippen LogP contribution in [0.2, 0.25) is 0 Å². The summed E-state index contributed by atoms with van der Waals surface area (Å²) in [6.07, 6.45) is 2.53. The molecular formula is C26H30FN3O3. The van der Waals surface area contributed by atoms with Gasteiger partial charge in [-0.15, -0.1) is 0 Å². The fourth-order valence-electron chi connectivity index (χ4n) is 5.56. The van der Waals surface area contributed by atoms with Crippen molar-refractivity contribution in [1.82, 2.24) is 15.1 Å². The third kappa shape index (κ3) is 4.74. The highest BCUT2D eigenvalue weighted by atomic mass is 19.1. The molecule has 0 unspecified atom stereocenters. The first kappa shape index (κ1) is 21.9. The molecule has 0 spiro atoms. The lowest BCUT2D eigenvalue weighted by atomic mass is 9.76. The molecule has 3 amide bonds. The summed E-state index contributed by atoms with van der Waals surface area (Å²) in [5.41, 5.74) is 2.34. The van der Waals surface area contributed by atoms with Crippen LogP contribution in [0.1, 0.15) is 36.3 Å². The van der Waals surface area contributed by atoms with Crippen molar-refractivity contribution in [1.29, 1.82) is 0 Å². The van der Waals surface area contributed by atoms with Crippen LogP contribution in [0.3, 0.4) is 0 Å². The summed E-state index contributed by atoms with van der Waals surface area (Å²) in [4.78, 5) is 28.7. The minimum absolute atomic E-state index is 0.000161. The van der Waals surface area contributed by atoms with Gasteiger partial charge in [-0.05, 0) is 48.4 Å². The molecule has 2 aromatic carbocycles. The van der Waals surface area contributed by atoms with E-state index in [1.54, 1.807) is 0 Å². The Bertz CT molecular complexity index is 976. The Morgan fingerprint density at radius 3 is 2.33 bits per heavy atom. The Morgan fingerprint density at radius 2 is 1.61 bits per heavy atom. The number of carbonyl (C=O) groups is 2. The van der Waals surface area contributed by atoms with Gasteiger partial charge in [0.05, 0.1) is 12.1 Å². The quantitative estimate of drug-likeness (QED) is 0.778. The molecule has 3 heterocycles. The number of halogens is 1. The van der Waals surface area contributed by atoms with Crippen molar-refractivity contribution in [2.75, 3.05) is 32.8 Å². The fraction of sp³-hybridized carbons (Fsp3) is 0.462. The maximum Gasteiger partial charge on any atom is 0.320 e. The molecule has 3 saturated heterocycles. The van der Waals surface area contributed by atoms with E-state index in [0.717, 1.165) is 24.8 Å². The van der Waals surface area contributed by atoms with Crippen LogP contribution in [0, 0.1) is 11.7 Å². The molecule has 5 rings (SSSR count). The van der Waals surface area contributed by atoms with Gasteiger partial charge in [0.15, 0.2) is 0 Å². The van der Waals surface area contributed by atoms with Crippen LogP contribution >= 0.6 is 0 Å². The van der Waals surface area contributed by atoms with Gasteiger partial charge in [-0.1, -0.05) is 42.5 Å². The molecule has 6 nitrogen and oxygen atoms in total. The van der Waals surface area contributed by atoms with E-state index in [1.165, 1.54) is 17.7 Å². The number of likely N-dealkylation sites (tertiary alicyclic amines) is 2. The number of nitrogens with zero attached hydrogens (tertiary/aromatic N) is 2. The van der Waals surface area contributed by atoms with E-state index in [1.807, 2.05) is 40.1 Å². The zero-order chi connectivity index (χ0) is 22.8. The van der Waals surface area contributed by atoms with E-state index in [2.05, 4.69) is 17.4 Å². The maximum atomic E-state index is 13.6. The second kappa shape index (κ2) is 9.51. The maximum absolute atomic E-state index is 13.6. The van der Waals surface area contributed by atoms with E-state index in [0.29, 0.717) is 32.1 Å². The predicted octanol–water partition coefficient (Wildman–Crippen LogP) is 3.38. The van der Waals surface area contributed by atoms with E-state index in [9.17, 15) is 14.0 Å². The summed E-state index contributed by atoms with van der Waals surface area (Å²) in [5, 5.41) is 2.97. The van der Waals surface area contributed by atoms with Crippen molar-refractivity contribution in [2.45, 2.75) is 37.3 Å². The van der Waals surface area contributed by atoms with E-state index in [-0.39, 0.29) is 42.4 Å². The molecule has 0 saturated carbocycles. The average Bonchev–Trinajstić information content (AvgIpc) is 2.85. The SMILES string of the molecule is O=C1CO[C@H]2CCN(C(=O)N3CCC([C@@H](c4ccccc4)c4ccc(F)cc4)CC3)C[C@H]2N1. The Morgan fingerprint density at radius 1 is 0.939 bits per heavy atom. The number of hydrogen-bond donors (Lipinski definition) is 1. The molecule has 0 radical (unpaired) electrons. The first-order chi connectivity index (χ1) is 16.1. The topological polar surface area (TPSA) is 61.9 Å². The summed E-state index contributed by atoms with van der Waals surface area (Å²) in [7, 11) is 0. The molecule has 1 N–H and O–H groups in total. The lowest BCUT2D eigenvalue weighted by Gasteiger charge is -2.44. The second-order valence-electron chi connectivity index (χ2n) is 9.31. The van der Waals surface area contributed by atoms with Crippen LogP contribution in [0.15, 0.2) is 54.6 Å². The van der Waals surface area contributed by atoms with Crippen LogP contribution in [-0.4, -0.2) is 66.7 Å². The monoisotopic (exact) mass is 451 g/mol. The van der Waals surface area contributed by atoms with Gasteiger partial charge in [0.2, 0.25) is 5.91 Å². The number of nitrogens with one attached hydrogen (secondary N) is 1. The minimum Gasteiger partial charge on any atom is -0.366 e. The Labute approximate surface area is 193 Å². The van der Waals surface area contributed by atoms with Gasteiger partial charge in [0.1, 0.15) is 12.4 Å². The van der Waals surface area contributed by atoms with Gasteiger partial charge in [-0.2, -0.15) is 0 Å². The van der Waals surface area contributed by atoms with Crippen molar-refractivity contribution >= 4 is 11.9 Å². The van der Waals surface area contributed by atoms with Gasteiger partial charge < -0.3 is 19.9 Å². The van der Waals surface area contributed by atoms with Crippen LogP contribution in [-0.2, 0) is 9.53 Å². The van der Waals surface area contributed by atoms with Crippen LogP contribution in [0.5, 0.6) is 0 Å². The van der Waals surface area contributed by atoms with Crippen LogP contribution in [0.25, 0.3) is 0 Å². The summed E-state index contributed by atoms with van der Waals surface area (Å²) in [5.74, 6) is 0.210. The van der Waals surface area contributed by atoms with Crippen molar-refractivity contribution in [3.8, 4) is 0 Å². The normalized spacial score (nSPS) is 24.7. The molecule has 7 heteroatoms. The van der Waals surface area contributed by atoms with Gasteiger partial charge in [-0.25, -0.2) is 9.18 Å². The second-order valence-corrected chi connectivity index (χ2v) is 9.31. The summed E-state index contributed by atoms with van der Waals surface area (Å²) < 4.78 is 19.2. The van der Waals surface area contributed by atoms with E-state index < -0.39 is 0 Å². The molecule has 0 bridgehead atoms. The lowest BCUT2D eigenvalue weighted by Crippen LogP contribution is -2.62. The first-order valence-electron chi connectivity index (χ1n) is 11.8. The Hall–Kier alpha value is -2.93. The Balaban J connectivity index is 1.25. The highest BCUT2D eigenvalue weighted by Gasteiger charge is 2.38. The average molecular weight is 452 g/mol. The van der Waals surface area contributed by atoms with Crippen LogP contribution in [0.4, 0.5) is 9.18 Å². The predicted molar refractivity (Wildman–Crippen MR) is 122 cm³/mol. The molecule has 33 heavy (non-hydrogen) atoms. The molecule has 2 aromatic rings. The van der Waals surface area contributed by atoms with Crippen molar-refractivity contribution in [3.63, 3.8) is 0 Å². The molecule has 3 fully saturated rings. The van der Waals surface area contributed by atoms with Crippen molar-refractivity contribution in [3.05, 3.63) is 71.5 Å². The van der Waals surface area contributed by atoms with E-state index in [4.69, 9.17) is 4.74 Å². The number of urea groups is 1. The molecule has 3 atom stereocenters. The van der Waals surface area contributed by atoms with Gasteiger partial charge in [-0.3, -0.25) is 4.79 Å². The number of carbonyl (C=O) groups excluding carboxylic acids is 2. The number of morpholine rings is 1. The molecule has 3 aliphatic heterocycles. The number of rotatable bonds is 3. The third-order valence-electron chi connectivity index (χ3n) is 7.26. The van der Waals surface area contributed by atoms with Gasteiger partial charge in [0.25, 0.3) is 0 Å². The van der Waals surface area contributed by atoms with Crippen molar-refractivity contribution in [2.24, 2.45) is 5.92 Å². The molecule has 3 aliphatic rings. The highest BCUT2D eigenvalue weighted by molar-refractivity contribution is 5.79. The molecule has 0 aromatic heterocycles. The number of piperidine rings is 2. The Kier molecular flexibility index (Phi) is 6.31. The third-order valence-corrected chi connectivity index (χ3v) is 7.26. The number of amides is 3. The summed E-state index contributed by atoms with van der Waals surface area (Å²) >= 11 is 0. The number of hydrogen-bond acceptors (Lipinski definition) is 3. The first-order valence-corrected chi connectivity index (χ1v) is 11.8. The smallest absolute Gasteiger partial charge is 0.320 e. The van der Waals surface area contributed by atoms with E-state index >= 15 is 0 Å². The zero-order valence-electron chi connectivity index (χ0n) is 18.7. The largest absolute Gasteiger partial charge is 0.366 e. The fourth-order valence-corrected chi connectivity index (χ4v) is 5.56. The zero-order valence-corrected chi connectivity index (χ0v) is 18.7. The number of fused-ring (bicyclic) bond motifs is 1. The standard InChI is InChI=1S/C26H30FN3O3/c27-21-8-6-19(7-9-21)25(18-4-2-1-3-5-18)20-10-13-29(14-11-20)26(32)30-15-12-23-22(16-30)28-24(31)17-33-23/h1-9,20,22-23,25H,10-17H2,(H,28,31)/t22-,23+,25+/m1/s1. The minimum atomic E-state index is -0.227.